The van der Waals surface area contributed by atoms with Gasteiger partial charge in [0, 0.05) is 11.7 Å². The van der Waals surface area contributed by atoms with Gasteiger partial charge in [0.05, 0.1) is 19.7 Å². The first kappa shape index (κ1) is 22.2. The second kappa shape index (κ2) is 10.5. The Morgan fingerprint density at radius 1 is 1.21 bits per heavy atom. The van der Waals surface area contributed by atoms with Crippen LogP contribution < -0.4 is 15.4 Å². The van der Waals surface area contributed by atoms with Gasteiger partial charge in [-0.25, -0.2) is 0 Å². The maximum atomic E-state index is 12.8. The highest BCUT2D eigenvalue weighted by atomic mass is 16.5. The zero-order valence-corrected chi connectivity index (χ0v) is 17.8. The first-order valence-electron chi connectivity index (χ1n) is 10.3. The lowest BCUT2D eigenvalue weighted by molar-refractivity contribution is -0.128. The number of nitrogens with zero attached hydrogens (tertiary/aromatic N) is 1. The second-order valence-electron chi connectivity index (χ2n) is 7.90. The number of rotatable bonds is 8. The third-order valence-corrected chi connectivity index (χ3v) is 6.09. The molecule has 6 heteroatoms. The first-order valence-corrected chi connectivity index (χ1v) is 10.3. The minimum Gasteiger partial charge on any atom is -0.497 e. The van der Waals surface area contributed by atoms with E-state index in [0.717, 1.165) is 18.6 Å². The van der Waals surface area contributed by atoms with E-state index in [1.165, 1.54) is 6.42 Å². The summed E-state index contributed by atoms with van der Waals surface area (Å²) in [5.74, 6) is 1.73. The molecule has 1 aliphatic carbocycles. The van der Waals surface area contributed by atoms with Crippen LogP contribution in [-0.2, 0) is 9.59 Å². The van der Waals surface area contributed by atoms with Gasteiger partial charge in [0.1, 0.15) is 5.75 Å². The summed E-state index contributed by atoms with van der Waals surface area (Å²) in [5, 5.41) is 6.10. The van der Waals surface area contributed by atoms with Crippen LogP contribution in [0.5, 0.6) is 5.75 Å². The van der Waals surface area contributed by atoms with Crippen LogP contribution in [0.2, 0.25) is 0 Å². The summed E-state index contributed by atoms with van der Waals surface area (Å²) in [4.78, 5) is 27.1. The Hall–Kier alpha value is -2.08. The summed E-state index contributed by atoms with van der Waals surface area (Å²) in [6.07, 6.45) is 3.43. The van der Waals surface area contributed by atoms with E-state index in [0.29, 0.717) is 24.1 Å². The van der Waals surface area contributed by atoms with E-state index in [1.54, 1.807) is 31.4 Å². The van der Waals surface area contributed by atoms with Crippen LogP contribution >= 0.6 is 0 Å². The van der Waals surface area contributed by atoms with Gasteiger partial charge in [-0.1, -0.05) is 33.6 Å². The van der Waals surface area contributed by atoms with E-state index in [1.807, 2.05) is 18.7 Å². The minimum absolute atomic E-state index is 0.00467. The third-order valence-electron chi connectivity index (χ3n) is 6.09. The SMILES string of the molecule is CCN(CC(=O)Nc1ccc(OC)cc1)[C@@H](C)C(=O)N[C@@H]1CCC[C@H](C)[C@@H]1C. The molecule has 0 radical (unpaired) electrons. The van der Waals surface area contributed by atoms with Crippen molar-refractivity contribution in [3.05, 3.63) is 24.3 Å². The van der Waals surface area contributed by atoms with E-state index in [2.05, 4.69) is 24.5 Å². The van der Waals surface area contributed by atoms with Crippen LogP contribution in [0.4, 0.5) is 5.69 Å². The largest absolute Gasteiger partial charge is 0.497 e. The standard InChI is InChI=1S/C22H35N3O3/c1-6-25(14-21(26)23-18-10-12-19(28-5)13-11-18)17(4)22(27)24-20-9-7-8-15(2)16(20)3/h10-13,15-17,20H,6-9,14H2,1-5H3,(H,23,26)(H,24,27)/t15-,16-,17-,20+/m0/s1. The number of ether oxygens (including phenoxy) is 1. The summed E-state index contributed by atoms with van der Waals surface area (Å²) in [7, 11) is 1.61. The Bertz CT molecular complexity index is 647. The number of carbonyl (C=O) groups is 2. The minimum atomic E-state index is -0.351. The molecule has 0 unspecified atom stereocenters. The van der Waals surface area contributed by atoms with Crippen molar-refractivity contribution in [2.45, 2.75) is 59.0 Å². The number of anilines is 1. The van der Waals surface area contributed by atoms with E-state index in [-0.39, 0.29) is 30.4 Å². The van der Waals surface area contributed by atoms with Crippen molar-refractivity contribution in [1.29, 1.82) is 0 Å². The maximum absolute atomic E-state index is 12.8. The van der Waals surface area contributed by atoms with Crippen molar-refractivity contribution in [1.82, 2.24) is 10.2 Å². The normalized spacial score (nSPS) is 23.1. The smallest absolute Gasteiger partial charge is 0.238 e. The number of likely N-dealkylation sites (N-methyl/N-ethyl adjacent to an activating group) is 1. The molecule has 0 heterocycles. The van der Waals surface area contributed by atoms with Crippen LogP contribution in [0.25, 0.3) is 0 Å². The molecule has 0 bridgehead atoms. The summed E-state index contributed by atoms with van der Waals surface area (Å²) >= 11 is 0. The van der Waals surface area contributed by atoms with Crippen LogP contribution in [0, 0.1) is 11.8 Å². The van der Waals surface area contributed by atoms with Gasteiger partial charge in [-0.2, -0.15) is 0 Å². The monoisotopic (exact) mass is 389 g/mol. The third kappa shape index (κ3) is 5.96. The molecule has 2 N–H and O–H groups in total. The van der Waals surface area contributed by atoms with Gasteiger partial charge < -0.3 is 15.4 Å². The Morgan fingerprint density at radius 2 is 1.89 bits per heavy atom. The number of benzene rings is 1. The zero-order valence-electron chi connectivity index (χ0n) is 17.8. The average Bonchev–Trinajstić information content (AvgIpc) is 2.69. The van der Waals surface area contributed by atoms with Gasteiger partial charge in [0.2, 0.25) is 11.8 Å². The predicted molar refractivity (Wildman–Crippen MR) is 112 cm³/mol. The molecule has 2 rings (SSSR count). The molecule has 1 aromatic rings. The average molecular weight is 390 g/mol. The van der Waals surface area contributed by atoms with Gasteiger partial charge in [0.15, 0.2) is 0 Å². The highest BCUT2D eigenvalue weighted by Crippen LogP contribution is 2.29. The molecule has 156 valence electrons. The highest BCUT2D eigenvalue weighted by molar-refractivity contribution is 5.93. The molecule has 28 heavy (non-hydrogen) atoms. The Morgan fingerprint density at radius 3 is 2.50 bits per heavy atom. The fourth-order valence-electron chi connectivity index (χ4n) is 3.84. The Labute approximate surface area is 169 Å². The summed E-state index contributed by atoms with van der Waals surface area (Å²) in [5.41, 5.74) is 0.712. The predicted octanol–water partition coefficient (Wildman–Crippen LogP) is 3.29. The molecular weight excluding hydrogens is 354 g/mol. The molecule has 1 fully saturated rings. The molecule has 1 saturated carbocycles. The van der Waals surface area contributed by atoms with E-state index >= 15 is 0 Å². The number of hydrogen-bond donors (Lipinski definition) is 2. The molecule has 0 saturated heterocycles. The number of nitrogens with one attached hydrogen (secondary N) is 2. The molecule has 1 aromatic carbocycles. The van der Waals surface area contributed by atoms with Gasteiger partial charge >= 0.3 is 0 Å². The lowest BCUT2D eigenvalue weighted by Crippen LogP contribution is -2.52. The molecule has 1 aliphatic rings. The lowest BCUT2D eigenvalue weighted by atomic mass is 9.78. The molecule has 0 spiro atoms. The quantitative estimate of drug-likeness (QED) is 0.716. The van der Waals surface area contributed by atoms with E-state index in [9.17, 15) is 9.59 Å². The van der Waals surface area contributed by atoms with Crippen molar-refractivity contribution in [3.8, 4) is 5.75 Å². The van der Waals surface area contributed by atoms with Crippen molar-refractivity contribution in [3.63, 3.8) is 0 Å². The first-order chi connectivity index (χ1) is 13.3. The zero-order chi connectivity index (χ0) is 20.7. The van der Waals surface area contributed by atoms with Crippen molar-refractivity contribution in [2.75, 3.05) is 25.5 Å². The number of methoxy groups -OCH3 is 1. The molecule has 4 atom stereocenters. The fourth-order valence-corrected chi connectivity index (χ4v) is 3.84. The maximum Gasteiger partial charge on any atom is 0.238 e. The summed E-state index contributed by atoms with van der Waals surface area (Å²) in [6.45, 7) is 9.12. The molecule has 2 amide bonds. The summed E-state index contributed by atoms with van der Waals surface area (Å²) in [6, 6.07) is 7.08. The lowest BCUT2D eigenvalue weighted by Gasteiger charge is -2.36. The topological polar surface area (TPSA) is 70.7 Å². The molecule has 0 aliphatic heterocycles. The van der Waals surface area contributed by atoms with E-state index in [4.69, 9.17) is 4.74 Å². The summed E-state index contributed by atoms with van der Waals surface area (Å²) < 4.78 is 5.12. The number of amides is 2. The van der Waals surface area contributed by atoms with Crippen LogP contribution in [0.1, 0.15) is 47.0 Å². The molecular formula is C22H35N3O3. The van der Waals surface area contributed by atoms with Crippen LogP contribution in [0.3, 0.4) is 0 Å². The Kier molecular flexibility index (Phi) is 8.30. The van der Waals surface area contributed by atoms with Crippen LogP contribution in [0.15, 0.2) is 24.3 Å². The van der Waals surface area contributed by atoms with Crippen molar-refractivity contribution < 1.29 is 14.3 Å². The van der Waals surface area contributed by atoms with Crippen molar-refractivity contribution >= 4 is 17.5 Å². The second-order valence-corrected chi connectivity index (χ2v) is 7.90. The van der Waals surface area contributed by atoms with E-state index < -0.39 is 0 Å². The highest BCUT2D eigenvalue weighted by Gasteiger charge is 2.30. The number of hydrogen-bond acceptors (Lipinski definition) is 4. The van der Waals surface area contributed by atoms with Gasteiger partial charge in [-0.15, -0.1) is 0 Å². The van der Waals surface area contributed by atoms with Gasteiger partial charge in [-0.3, -0.25) is 14.5 Å². The fraction of sp³-hybridized carbons (Fsp3) is 0.636. The Balaban J connectivity index is 1.89. The van der Waals surface area contributed by atoms with Crippen LogP contribution in [-0.4, -0.2) is 49.0 Å². The van der Waals surface area contributed by atoms with Crippen molar-refractivity contribution in [2.24, 2.45) is 11.8 Å². The number of carbonyl (C=O) groups excluding carboxylic acids is 2. The molecule has 0 aromatic heterocycles. The van der Waals surface area contributed by atoms with Gasteiger partial charge in [-0.05, 0) is 56.0 Å². The van der Waals surface area contributed by atoms with Gasteiger partial charge in [0.25, 0.3) is 0 Å². The molecule has 6 nitrogen and oxygen atoms in total.